The maximum atomic E-state index is 5.62. The van der Waals surface area contributed by atoms with Crippen LogP contribution in [0.4, 0.5) is 0 Å². The summed E-state index contributed by atoms with van der Waals surface area (Å²) in [4.78, 5) is 0. The summed E-state index contributed by atoms with van der Waals surface area (Å²) in [6.07, 6.45) is 0. The van der Waals surface area contributed by atoms with Crippen molar-refractivity contribution in [3.8, 4) is 23.0 Å². The van der Waals surface area contributed by atoms with Crippen LogP contribution in [0, 0.1) is 6.92 Å². The highest BCUT2D eigenvalue weighted by atomic mass is 16.7. The van der Waals surface area contributed by atoms with E-state index in [1.165, 1.54) is 5.56 Å². The summed E-state index contributed by atoms with van der Waals surface area (Å²) in [6, 6.07) is 10.2. The van der Waals surface area contributed by atoms with E-state index < -0.39 is 0 Å². The predicted molar refractivity (Wildman–Crippen MR) is 89.0 cm³/mol. The minimum atomic E-state index is 0.175. The molecule has 0 aliphatic carbocycles. The Bertz CT molecular complexity index is 709. The van der Waals surface area contributed by atoms with Crippen molar-refractivity contribution in [2.45, 2.75) is 26.7 Å². The van der Waals surface area contributed by atoms with Gasteiger partial charge in [-0.3, -0.25) is 0 Å². The number of rotatable bonds is 5. The van der Waals surface area contributed by atoms with Crippen LogP contribution in [0.3, 0.4) is 0 Å². The third kappa shape index (κ3) is 2.93. The quantitative estimate of drug-likeness (QED) is 0.825. The van der Waals surface area contributed by atoms with Gasteiger partial charge < -0.3 is 18.9 Å². The van der Waals surface area contributed by atoms with Crippen LogP contribution in [0.1, 0.15) is 36.5 Å². The van der Waals surface area contributed by atoms with Crippen molar-refractivity contribution in [2.75, 3.05) is 20.5 Å². The third-order valence-electron chi connectivity index (χ3n) is 4.19. The highest BCUT2D eigenvalue weighted by Crippen LogP contribution is 2.42. The third-order valence-corrected chi connectivity index (χ3v) is 4.19. The van der Waals surface area contributed by atoms with E-state index in [2.05, 4.69) is 26.0 Å². The minimum Gasteiger partial charge on any atom is -0.496 e. The van der Waals surface area contributed by atoms with Crippen molar-refractivity contribution >= 4 is 0 Å². The first-order chi connectivity index (χ1) is 11.1. The Balaban J connectivity index is 1.97. The fourth-order valence-corrected chi connectivity index (χ4v) is 2.89. The van der Waals surface area contributed by atoms with Crippen molar-refractivity contribution in [3.05, 3.63) is 47.0 Å². The molecule has 1 aliphatic heterocycles. The second-order valence-corrected chi connectivity index (χ2v) is 5.63. The van der Waals surface area contributed by atoms with E-state index in [4.69, 9.17) is 18.9 Å². The van der Waals surface area contributed by atoms with Gasteiger partial charge >= 0.3 is 0 Å². The SMILES string of the molecule is CCOc1ccc([C@@H](C)c2cc3c(cc2OC)OCO3)cc1C. The molecule has 2 aromatic rings. The molecule has 0 N–H and O–H groups in total. The molecule has 1 heterocycles. The molecule has 0 saturated carbocycles. The van der Waals surface area contributed by atoms with Gasteiger partial charge in [0.2, 0.25) is 6.79 Å². The van der Waals surface area contributed by atoms with Gasteiger partial charge in [0.25, 0.3) is 0 Å². The van der Waals surface area contributed by atoms with Crippen LogP contribution in [-0.2, 0) is 0 Å². The van der Waals surface area contributed by atoms with Crippen LogP contribution in [-0.4, -0.2) is 20.5 Å². The molecule has 0 unspecified atom stereocenters. The van der Waals surface area contributed by atoms with Gasteiger partial charge in [-0.1, -0.05) is 19.1 Å². The lowest BCUT2D eigenvalue weighted by Gasteiger charge is -2.18. The van der Waals surface area contributed by atoms with Crippen LogP contribution in [0.15, 0.2) is 30.3 Å². The van der Waals surface area contributed by atoms with Gasteiger partial charge in [-0.05, 0) is 37.1 Å². The van der Waals surface area contributed by atoms with Crippen LogP contribution < -0.4 is 18.9 Å². The standard InChI is InChI=1S/C19H22O4/c1-5-21-16-7-6-14(8-12(16)2)13(3)15-9-18-19(23-11-22-18)10-17(15)20-4/h6-10,13H,5,11H2,1-4H3/t13-/m1/s1. The average Bonchev–Trinajstić information content (AvgIpc) is 3.02. The number of ether oxygens (including phenoxy) is 4. The van der Waals surface area contributed by atoms with E-state index in [1.54, 1.807) is 7.11 Å². The summed E-state index contributed by atoms with van der Waals surface area (Å²) in [5.41, 5.74) is 3.43. The summed E-state index contributed by atoms with van der Waals surface area (Å²) in [6.45, 7) is 7.16. The lowest BCUT2D eigenvalue weighted by atomic mass is 9.91. The maximum Gasteiger partial charge on any atom is 0.231 e. The predicted octanol–water partition coefficient (Wildman–Crippen LogP) is 4.28. The smallest absolute Gasteiger partial charge is 0.231 e. The lowest BCUT2D eigenvalue weighted by molar-refractivity contribution is 0.174. The van der Waals surface area contributed by atoms with Gasteiger partial charge in [-0.25, -0.2) is 0 Å². The zero-order chi connectivity index (χ0) is 16.4. The molecule has 2 aromatic carbocycles. The molecule has 1 aliphatic rings. The topological polar surface area (TPSA) is 36.9 Å². The van der Waals surface area contributed by atoms with Gasteiger partial charge in [-0.2, -0.15) is 0 Å². The molecule has 0 amide bonds. The zero-order valence-electron chi connectivity index (χ0n) is 14.0. The maximum absolute atomic E-state index is 5.62. The molecule has 122 valence electrons. The summed E-state index contributed by atoms with van der Waals surface area (Å²) in [5, 5.41) is 0. The first-order valence-corrected chi connectivity index (χ1v) is 7.85. The van der Waals surface area contributed by atoms with Gasteiger partial charge in [0.1, 0.15) is 11.5 Å². The molecule has 23 heavy (non-hydrogen) atoms. The van der Waals surface area contributed by atoms with Gasteiger partial charge in [-0.15, -0.1) is 0 Å². The molecular formula is C19H22O4. The Kier molecular flexibility index (Phi) is 4.33. The molecule has 0 fully saturated rings. The van der Waals surface area contributed by atoms with Gasteiger partial charge in [0.15, 0.2) is 11.5 Å². The number of methoxy groups -OCH3 is 1. The monoisotopic (exact) mass is 314 g/mol. The molecule has 0 spiro atoms. The Labute approximate surface area is 136 Å². The number of hydrogen-bond donors (Lipinski definition) is 0. The molecule has 4 heteroatoms. The summed E-state index contributed by atoms with van der Waals surface area (Å²) < 4.78 is 22.1. The Hall–Kier alpha value is -2.36. The molecule has 4 nitrogen and oxygen atoms in total. The van der Waals surface area contributed by atoms with Crippen LogP contribution in [0.2, 0.25) is 0 Å². The first-order valence-electron chi connectivity index (χ1n) is 7.85. The van der Waals surface area contributed by atoms with Crippen LogP contribution in [0.25, 0.3) is 0 Å². The van der Waals surface area contributed by atoms with Crippen molar-refractivity contribution in [1.29, 1.82) is 0 Å². The van der Waals surface area contributed by atoms with Crippen molar-refractivity contribution < 1.29 is 18.9 Å². The molecule has 0 radical (unpaired) electrons. The number of benzene rings is 2. The van der Waals surface area contributed by atoms with E-state index in [9.17, 15) is 0 Å². The summed E-state index contributed by atoms with van der Waals surface area (Å²) in [7, 11) is 1.68. The second kappa shape index (κ2) is 6.41. The van der Waals surface area contributed by atoms with Crippen molar-refractivity contribution in [2.24, 2.45) is 0 Å². The molecular weight excluding hydrogens is 292 g/mol. The minimum absolute atomic E-state index is 0.175. The first kappa shape index (κ1) is 15.5. The van der Waals surface area contributed by atoms with Crippen molar-refractivity contribution in [3.63, 3.8) is 0 Å². The van der Waals surface area contributed by atoms with E-state index in [0.717, 1.165) is 34.1 Å². The van der Waals surface area contributed by atoms with Gasteiger partial charge in [0, 0.05) is 17.5 Å². The zero-order valence-corrected chi connectivity index (χ0v) is 14.0. The van der Waals surface area contributed by atoms with Crippen molar-refractivity contribution in [1.82, 2.24) is 0 Å². The second-order valence-electron chi connectivity index (χ2n) is 5.63. The fourth-order valence-electron chi connectivity index (χ4n) is 2.89. The Morgan fingerprint density at radius 3 is 2.48 bits per heavy atom. The van der Waals surface area contributed by atoms with Gasteiger partial charge in [0.05, 0.1) is 13.7 Å². The largest absolute Gasteiger partial charge is 0.496 e. The molecule has 1 atom stereocenters. The highest BCUT2D eigenvalue weighted by Gasteiger charge is 2.22. The van der Waals surface area contributed by atoms with Crippen LogP contribution >= 0.6 is 0 Å². The van der Waals surface area contributed by atoms with E-state index in [0.29, 0.717) is 6.61 Å². The Morgan fingerprint density at radius 1 is 1.09 bits per heavy atom. The Morgan fingerprint density at radius 2 is 1.83 bits per heavy atom. The normalized spacial score (nSPS) is 13.7. The fraction of sp³-hybridized carbons (Fsp3) is 0.368. The van der Waals surface area contributed by atoms with E-state index in [1.807, 2.05) is 25.1 Å². The molecule has 0 saturated heterocycles. The van der Waals surface area contributed by atoms with E-state index in [-0.39, 0.29) is 12.7 Å². The molecule has 0 bridgehead atoms. The average molecular weight is 314 g/mol. The van der Waals surface area contributed by atoms with E-state index >= 15 is 0 Å². The number of fused-ring (bicyclic) bond motifs is 1. The number of hydrogen-bond acceptors (Lipinski definition) is 4. The highest BCUT2D eigenvalue weighted by molar-refractivity contribution is 5.55. The molecule has 3 rings (SSSR count). The number of aryl methyl sites for hydroxylation is 1. The lowest BCUT2D eigenvalue weighted by Crippen LogP contribution is -2.01. The summed E-state index contributed by atoms with van der Waals surface area (Å²) >= 11 is 0. The summed E-state index contributed by atoms with van der Waals surface area (Å²) in [5.74, 6) is 3.43. The van der Waals surface area contributed by atoms with Crippen LogP contribution in [0.5, 0.6) is 23.0 Å². The molecule has 0 aromatic heterocycles.